The number of nitrogens with one attached hydrogen (secondary N) is 1. The first-order valence-corrected chi connectivity index (χ1v) is 6.19. The smallest absolute Gasteiger partial charge is 0.242 e. The predicted molar refractivity (Wildman–Crippen MR) is 63.2 cm³/mol. The van der Waals surface area contributed by atoms with E-state index in [0.717, 1.165) is 26.2 Å². The Morgan fingerprint density at radius 3 is 2.88 bits per heavy atom. The molecule has 1 atom stereocenters. The van der Waals surface area contributed by atoms with Crippen LogP contribution in [0.25, 0.3) is 0 Å². The molecule has 2 heterocycles. The normalized spacial score (nSPS) is 24.5. The number of hydrogen-bond donors (Lipinski definition) is 2. The minimum Gasteiger partial charge on any atom is -0.346 e. The molecule has 3 N–H and O–H groups in total. The standard InChI is InChI=1S/C11H20N4O2/c12-6-10(16)13-7-11(17)15-5-4-14-3-1-2-9(14)8-15/h9H,1-8,12H2,(H,13,16). The Morgan fingerprint density at radius 2 is 2.12 bits per heavy atom. The molecular formula is C11H20N4O2. The Hall–Kier alpha value is -1.14. The van der Waals surface area contributed by atoms with Crippen LogP contribution in [0.3, 0.4) is 0 Å². The Balaban J connectivity index is 1.78. The average molecular weight is 240 g/mol. The third-order valence-corrected chi connectivity index (χ3v) is 3.56. The largest absolute Gasteiger partial charge is 0.346 e. The van der Waals surface area contributed by atoms with E-state index in [-0.39, 0.29) is 24.9 Å². The lowest BCUT2D eigenvalue weighted by molar-refractivity contribution is -0.134. The highest BCUT2D eigenvalue weighted by atomic mass is 16.2. The van der Waals surface area contributed by atoms with Crippen LogP contribution in [0.1, 0.15) is 12.8 Å². The molecule has 0 aromatic rings. The van der Waals surface area contributed by atoms with Crippen LogP contribution in [0.4, 0.5) is 0 Å². The van der Waals surface area contributed by atoms with Gasteiger partial charge in [0.15, 0.2) is 0 Å². The van der Waals surface area contributed by atoms with Crippen molar-refractivity contribution in [2.24, 2.45) is 5.73 Å². The van der Waals surface area contributed by atoms with Crippen molar-refractivity contribution >= 4 is 11.8 Å². The van der Waals surface area contributed by atoms with Gasteiger partial charge in [0.05, 0.1) is 13.1 Å². The fourth-order valence-corrected chi connectivity index (χ4v) is 2.58. The SMILES string of the molecule is NCC(=O)NCC(=O)N1CCN2CCCC2C1. The molecule has 0 aromatic heterocycles. The first kappa shape index (κ1) is 12.3. The van der Waals surface area contributed by atoms with Gasteiger partial charge in [0, 0.05) is 25.7 Å². The second-order valence-corrected chi connectivity index (χ2v) is 4.65. The average Bonchev–Trinajstić information content (AvgIpc) is 2.82. The van der Waals surface area contributed by atoms with E-state index in [4.69, 9.17) is 5.73 Å². The molecule has 17 heavy (non-hydrogen) atoms. The van der Waals surface area contributed by atoms with Crippen molar-refractivity contribution in [3.8, 4) is 0 Å². The van der Waals surface area contributed by atoms with E-state index in [1.165, 1.54) is 12.8 Å². The first-order chi connectivity index (χ1) is 8.20. The number of carbonyl (C=O) groups is 2. The second-order valence-electron chi connectivity index (χ2n) is 4.65. The summed E-state index contributed by atoms with van der Waals surface area (Å²) in [7, 11) is 0. The number of nitrogens with zero attached hydrogens (tertiary/aromatic N) is 2. The molecule has 96 valence electrons. The van der Waals surface area contributed by atoms with Gasteiger partial charge >= 0.3 is 0 Å². The maximum Gasteiger partial charge on any atom is 0.242 e. The van der Waals surface area contributed by atoms with Gasteiger partial charge in [-0.2, -0.15) is 0 Å². The van der Waals surface area contributed by atoms with Gasteiger partial charge in [-0.15, -0.1) is 0 Å². The number of fused-ring (bicyclic) bond motifs is 1. The molecule has 6 nitrogen and oxygen atoms in total. The van der Waals surface area contributed by atoms with Gasteiger partial charge in [0.1, 0.15) is 0 Å². The summed E-state index contributed by atoms with van der Waals surface area (Å²) >= 11 is 0. The second kappa shape index (κ2) is 5.46. The molecule has 2 aliphatic heterocycles. The van der Waals surface area contributed by atoms with Gasteiger partial charge in [0.2, 0.25) is 11.8 Å². The highest BCUT2D eigenvalue weighted by Crippen LogP contribution is 2.21. The highest BCUT2D eigenvalue weighted by Gasteiger charge is 2.32. The molecule has 2 amide bonds. The zero-order valence-electron chi connectivity index (χ0n) is 10.0. The Morgan fingerprint density at radius 1 is 1.29 bits per heavy atom. The molecule has 0 saturated carbocycles. The maximum atomic E-state index is 11.9. The molecule has 0 aromatic carbocycles. The van der Waals surface area contributed by atoms with Crippen LogP contribution in [0.5, 0.6) is 0 Å². The lowest BCUT2D eigenvalue weighted by Crippen LogP contribution is -2.54. The van der Waals surface area contributed by atoms with Crippen molar-refractivity contribution in [1.29, 1.82) is 0 Å². The van der Waals surface area contributed by atoms with Crippen LogP contribution >= 0.6 is 0 Å². The van der Waals surface area contributed by atoms with E-state index >= 15 is 0 Å². The molecule has 2 aliphatic rings. The Bertz CT molecular complexity index is 308. The Kier molecular flexibility index (Phi) is 3.96. The summed E-state index contributed by atoms with van der Waals surface area (Å²) in [6.45, 7) is 3.70. The first-order valence-electron chi connectivity index (χ1n) is 6.19. The monoisotopic (exact) mass is 240 g/mol. The van der Waals surface area contributed by atoms with Crippen molar-refractivity contribution in [2.75, 3.05) is 39.3 Å². The minimum absolute atomic E-state index is 0.00153. The van der Waals surface area contributed by atoms with Crippen LogP contribution in [0.2, 0.25) is 0 Å². The number of nitrogens with two attached hydrogens (primary N) is 1. The predicted octanol–water partition coefficient (Wildman–Crippen LogP) is -1.63. The number of amides is 2. The zero-order valence-corrected chi connectivity index (χ0v) is 10.0. The summed E-state index contributed by atoms with van der Waals surface area (Å²) in [5.74, 6) is -0.281. The number of carbonyl (C=O) groups excluding carboxylic acids is 2. The lowest BCUT2D eigenvalue weighted by atomic mass is 10.1. The van der Waals surface area contributed by atoms with E-state index in [9.17, 15) is 9.59 Å². The quantitative estimate of drug-likeness (QED) is 0.621. The van der Waals surface area contributed by atoms with Crippen LogP contribution in [0, 0.1) is 0 Å². The molecule has 2 saturated heterocycles. The van der Waals surface area contributed by atoms with Gasteiger partial charge in [-0.1, -0.05) is 0 Å². The molecule has 0 spiro atoms. The summed E-state index contributed by atoms with van der Waals surface area (Å²) < 4.78 is 0. The van der Waals surface area contributed by atoms with E-state index < -0.39 is 0 Å². The summed E-state index contributed by atoms with van der Waals surface area (Å²) in [6, 6.07) is 0.526. The van der Waals surface area contributed by atoms with Gasteiger partial charge in [-0.25, -0.2) is 0 Å². The maximum absolute atomic E-state index is 11.9. The van der Waals surface area contributed by atoms with Crippen molar-refractivity contribution in [2.45, 2.75) is 18.9 Å². The molecule has 1 unspecified atom stereocenters. The van der Waals surface area contributed by atoms with Crippen LogP contribution < -0.4 is 11.1 Å². The highest BCUT2D eigenvalue weighted by molar-refractivity contribution is 5.85. The molecule has 0 bridgehead atoms. The third-order valence-electron chi connectivity index (χ3n) is 3.56. The van der Waals surface area contributed by atoms with Gasteiger partial charge in [-0.05, 0) is 19.4 Å². The summed E-state index contributed by atoms with van der Waals surface area (Å²) in [6.07, 6.45) is 2.41. The van der Waals surface area contributed by atoms with Gasteiger partial charge < -0.3 is 16.0 Å². The minimum atomic E-state index is -0.280. The van der Waals surface area contributed by atoms with Gasteiger partial charge in [-0.3, -0.25) is 14.5 Å². The fraction of sp³-hybridized carbons (Fsp3) is 0.818. The van der Waals surface area contributed by atoms with E-state index in [2.05, 4.69) is 10.2 Å². The van der Waals surface area contributed by atoms with Crippen molar-refractivity contribution < 1.29 is 9.59 Å². The fourth-order valence-electron chi connectivity index (χ4n) is 2.58. The van der Waals surface area contributed by atoms with E-state index in [1.54, 1.807) is 0 Å². The van der Waals surface area contributed by atoms with Crippen molar-refractivity contribution in [3.63, 3.8) is 0 Å². The third kappa shape index (κ3) is 2.95. The van der Waals surface area contributed by atoms with E-state index in [1.807, 2.05) is 4.90 Å². The molecule has 2 fully saturated rings. The van der Waals surface area contributed by atoms with Gasteiger partial charge in [0.25, 0.3) is 0 Å². The van der Waals surface area contributed by atoms with Crippen LogP contribution in [0.15, 0.2) is 0 Å². The summed E-state index contributed by atoms with van der Waals surface area (Å²) in [5, 5.41) is 2.52. The number of hydrogen-bond acceptors (Lipinski definition) is 4. The van der Waals surface area contributed by atoms with Crippen LogP contribution in [-0.4, -0.2) is 66.9 Å². The number of piperazine rings is 1. The molecule has 0 radical (unpaired) electrons. The van der Waals surface area contributed by atoms with Crippen molar-refractivity contribution in [3.05, 3.63) is 0 Å². The summed E-state index contributed by atoms with van der Waals surface area (Å²) in [4.78, 5) is 27.1. The zero-order chi connectivity index (χ0) is 12.3. The molecular weight excluding hydrogens is 220 g/mol. The van der Waals surface area contributed by atoms with Crippen LogP contribution in [-0.2, 0) is 9.59 Å². The number of rotatable bonds is 3. The van der Waals surface area contributed by atoms with Crippen molar-refractivity contribution in [1.82, 2.24) is 15.1 Å². The summed E-state index contributed by atoms with van der Waals surface area (Å²) in [5.41, 5.74) is 5.16. The Labute approximate surface area is 101 Å². The topological polar surface area (TPSA) is 78.7 Å². The molecule has 2 rings (SSSR count). The molecule has 0 aliphatic carbocycles. The molecule has 6 heteroatoms. The lowest BCUT2D eigenvalue weighted by Gasteiger charge is -2.37. The van der Waals surface area contributed by atoms with E-state index in [0.29, 0.717) is 6.04 Å².